The number of carboxylic acid groups (broad SMARTS) is 1. The Bertz CT molecular complexity index is 666. The van der Waals surface area contributed by atoms with Gasteiger partial charge < -0.3 is 10.4 Å². The molecule has 2 N–H and O–H groups in total. The summed E-state index contributed by atoms with van der Waals surface area (Å²) in [6.07, 6.45) is 0. The SMILES string of the molecule is Cc1cc(Br)ccc1Nc1c(F)cc(C(=O)O)cc1F. The quantitative estimate of drug-likeness (QED) is 0.865. The van der Waals surface area contributed by atoms with Crippen molar-refractivity contribution >= 4 is 33.3 Å². The molecule has 0 aliphatic rings. The van der Waals surface area contributed by atoms with Crippen LogP contribution in [0.4, 0.5) is 20.2 Å². The lowest BCUT2D eigenvalue weighted by Gasteiger charge is -2.12. The van der Waals surface area contributed by atoms with Gasteiger partial charge in [-0.3, -0.25) is 0 Å². The molecule has 0 fully saturated rings. The molecule has 0 aliphatic carbocycles. The van der Waals surface area contributed by atoms with E-state index in [4.69, 9.17) is 5.11 Å². The minimum absolute atomic E-state index is 0.375. The van der Waals surface area contributed by atoms with Gasteiger partial charge >= 0.3 is 5.97 Å². The highest BCUT2D eigenvalue weighted by Crippen LogP contribution is 2.28. The smallest absolute Gasteiger partial charge is 0.335 e. The van der Waals surface area contributed by atoms with E-state index in [1.54, 1.807) is 25.1 Å². The monoisotopic (exact) mass is 341 g/mol. The molecule has 0 spiro atoms. The van der Waals surface area contributed by atoms with E-state index in [-0.39, 0.29) is 5.69 Å². The van der Waals surface area contributed by atoms with Crippen molar-refractivity contribution in [1.82, 2.24) is 0 Å². The summed E-state index contributed by atoms with van der Waals surface area (Å²) in [6, 6.07) is 6.76. The predicted octanol–water partition coefficient (Wildman–Crippen LogP) is 4.48. The molecular formula is C14H10BrF2NO2. The van der Waals surface area contributed by atoms with E-state index in [0.717, 1.165) is 22.2 Å². The van der Waals surface area contributed by atoms with E-state index in [0.29, 0.717) is 5.69 Å². The molecule has 2 rings (SSSR count). The molecule has 0 aromatic heterocycles. The Morgan fingerprint density at radius 3 is 2.30 bits per heavy atom. The zero-order valence-electron chi connectivity index (χ0n) is 10.4. The van der Waals surface area contributed by atoms with E-state index in [9.17, 15) is 13.6 Å². The fourth-order valence-corrected chi connectivity index (χ4v) is 2.19. The van der Waals surface area contributed by atoms with Crippen LogP contribution in [0.1, 0.15) is 15.9 Å². The van der Waals surface area contributed by atoms with Crippen molar-refractivity contribution in [3.63, 3.8) is 0 Å². The number of hydrogen-bond acceptors (Lipinski definition) is 2. The van der Waals surface area contributed by atoms with Gasteiger partial charge in [0.05, 0.1) is 5.56 Å². The van der Waals surface area contributed by atoms with Gasteiger partial charge in [-0.1, -0.05) is 15.9 Å². The summed E-state index contributed by atoms with van der Waals surface area (Å²) in [6.45, 7) is 1.79. The summed E-state index contributed by atoms with van der Waals surface area (Å²) in [5.41, 5.74) is 0.521. The minimum Gasteiger partial charge on any atom is -0.478 e. The Morgan fingerprint density at radius 1 is 1.20 bits per heavy atom. The number of hydrogen-bond donors (Lipinski definition) is 2. The Balaban J connectivity index is 2.41. The summed E-state index contributed by atoms with van der Waals surface area (Å²) in [5, 5.41) is 11.4. The van der Waals surface area contributed by atoms with Crippen LogP contribution in [0.25, 0.3) is 0 Å². The number of nitrogens with one attached hydrogen (secondary N) is 1. The van der Waals surface area contributed by atoms with E-state index >= 15 is 0 Å². The first-order chi connectivity index (χ1) is 9.38. The van der Waals surface area contributed by atoms with Gasteiger partial charge in [0.25, 0.3) is 0 Å². The molecule has 104 valence electrons. The van der Waals surface area contributed by atoms with Gasteiger partial charge in [-0.25, -0.2) is 13.6 Å². The van der Waals surface area contributed by atoms with Gasteiger partial charge in [-0.2, -0.15) is 0 Å². The number of halogens is 3. The maximum absolute atomic E-state index is 13.8. The van der Waals surface area contributed by atoms with Crippen LogP contribution in [0.5, 0.6) is 0 Å². The summed E-state index contributed by atoms with van der Waals surface area (Å²) in [5.74, 6) is -3.29. The summed E-state index contributed by atoms with van der Waals surface area (Å²) >= 11 is 3.29. The fourth-order valence-electron chi connectivity index (χ4n) is 1.72. The highest BCUT2D eigenvalue weighted by Gasteiger charge is 2.15. The second kappa shape index (κ2) is 5.58. The van der Waals surface area contributed by atoms with Gasteiger partial charge in [0.1, 0.15) is 5.69 Å². The Kier molecular flexibility index (Phi) is 4.04. The Hall–Kier alpha value is -1.95. The average molecular weight is 342 g/mol. The molecule has 0 saturated heterocycles. The van der Waals surface area contributed by atoms with Crippen molar-refractivity contribution in [2.24, 2.45) is 0 Å². The second-order valence-electron chi connectivity index (χ2n) is 4.20. The zero-order chi connectivity index (χ0) is 14.9. The number of benzene rings is 2. The molecular weight excluding hydrogens is 332 g/mol. The zero-order valence-corrected chi connectivity index (χ0v) is 12.0. The lowest BCUT2D eigenvalue weighted by Crippen LogP contribution is -2.04. The molecule has 0 radical (unpaired) electrons. The average Bonchev–Trinajstić information content (AvgIpc) is 2.35. The third-order valence-corrected chi connectivity index (χ3v) is 3.23. The first-order valence-electron chi connectivity index (χ1n) is 5.64. The van der Waals surface area contributed by atoms with E-state index in [2.05, 4.69) is 21.2 Å². The molecule has 3 nitrogen and oxygen atoms in total. The minimum atomic E-state index is -1.38. The van der Waals surface area contributed by atoms with Crippen molar-refractivity contribution in [3.05, 3.63) is 57.6 Å². The van der Waals surface area contributed by atoms with Gasteiger partial charge in [-0.05, 0) is 42.8 Å². The predicted molar refractivity (Wildman–Crippen MR) is 75.5 cm³/mol. The van der Waals surface area contributed by atoms with Crippen LogP contribution >= 0.6 is 15.9 Å². The maximum atomic E-state index is 13.8. The van der Waals surface area contributed by atoms with Crippen LogP contribution < -0.4 is 5.32 Å². The van der Waals surface area contributed by atoms with Gasteiger partial charge in [0.2, 0.25) is 0 Å². The van der Waals surface area contributed by atoms with Crippen LogP contribution in [-0.4, -0.2) is 11.1 Å². The number of anilines is 2. The topological polar surface area (TPSA) is 49.3 Å². The van der Waals surface area contributed by atoms with Crippen LogP contribution in [-0.2, 0) is 0 Å². The Morgan fingerprint density at radius 2 is 1.80 bits per heavy atom. The third-order valence-electron chi connectivity index (χ3n) is 2.74. The van der Waals surface area contributed by atoms with E-state index < -0.39 is 23.2 Å². The van der Waals surface area contributed by atoms with Crippen molar-refractivity contribution in [2.75, 3.05) is 5.32 Å². The highest BCUT2D eigenvalue weighted by atomic mass is 79.9. The second-order valence-corrected chi connectivity index (χ2v) is 5.12. The number of carboxylic acids is 1. The lowest BCUT2D eigenvalue weighted by molar-refractivity contribution is 0.0696. The molecule has 0 amide bonds. The molecule has 0 bridgehead atoms. The first kappa shape index (κ1) is 14.5. The van der Waals surface area contributed by atoms with Crippen LogP contribution in [0.3, 0.4) is 0 Å². The molecule has 0 saturated carbocycles. The van der Waals surface area contributed by atoms with Crippen molar-refractivity contribution in [1.29, 1.82) is 0 Å². The molecule has 0 atom stereocenters. The maximum Gasteiger partial charge on any atom is 0.335 e. The van der Waals surface area contributed by atoms with Crippen LogP contribution in [0.15, 0.2) is 34.8 Å². The van der Waals surface area contributed by atoms with Gasteiger partial charge in [0.15, 0.2) is 11.6 Å². The molecule has 6 heteroatoms. The van der Waals surface area contributed by atoms with Crippen LogP contribution in [0.2, 0.25) is 0 Å². The number of rotatable bonds is 3. The number of aryl methyl sites for hydroxylation is 1. The molecule has 2 aromatic rings. The number of aromatic carboxylic acids is 1. The van der Waals surface area contributed by atoms with Crippen LogP contribution in [0, 0.1) is 18.6 Å². The molecule has 0 aliphatic heterocycles. The highest BCUT2D eigenvalue weighted by molar-refractivity contribution is 9.10. The largest absolute Gasteiger partial charge is 0.478 e. The summed E-state index contributed by atoms with van der Waals surface area (Å²) in [4.78, 5) is 10.7. The standard InChI is InChI=1S/C14H10BrF2NO2/c1-7-4-9(15)2-3-12(7)18-13-10(16)5-8(14(19)20)6-11(13)17/h2-6,18H,1H3,(H,19,20). The molecule has 20 heavy (non-hydrogen) atoms. The van der Waals surface area contributed by atoms with Crippen molar-refractivity contribution in [2.45, 2.75) is 6.92 Å². The van der Waals surface area contributed by atoms with E-state index in [1.165, 1.54) is 0 Å². The fraction of sp³-hybridized carbons (Fsp3) is 0.0714. The Labute approximate surface area is 122 Å². The summed E-state index contributed by atoms with van der Waals surface area (Å²) < 4.78 is 28.4. The van der Waals surface area contributed by atoms with Crippen molar-refractivity contribution < 1.29 is 18.7 Å². The molecule has 0 heterocycles. The normalized spacial score (nSPS) is 10.4. The molecule has 0 unspecified atom stereocenters. The van der Waals surface area contributed by atoms with E-state index in [1.807, 2.05) is 0 Å². The number of carbonyl (C=O) groups is 1. The molecule has 2 aromatic carbocycles. The summed E-state index contributed by atoms with van der Waals surface area (Å²) in [7, 11) is 0. The third kappa shape index (κ3) is 2.96. The first-order valence-corrected chi connectivity index (χ1v) is 6.43. The van der Waals surface area contributed by atoms with Gasteiger partial charge in [0, 0.05) is 10.2 Å². The van der Waals surface area contributed by atoms with Crippen molar-refractivity contribution in [3.8, 4) is 0 Å². The van der Waals surface area contributed by atoms with Gasteiger partial charge in [-0.15, -0.1) is 0 Å². The lowest BCUT2D eigenvalue weighted by atomic mass is 10.1.